The Morgan fingerprint density at radius 3 is 2.74 bits per heavy atom. The van der Waals surface area contributed by atoms with E-state index in [4.69, 9.17) is 4.42 Å². The summed E-state index contributed by atoms with van der Waals surface area (Å²) in [4.78, 5) is 6.34. The third-order valence-corrected chi connectivity index (χ3v) is 3.44. The molecule has 2 heterocycles. The summed E-state index contributed by atoms with van der Waals surface area (Å²) in [5.74, 6) is 0.835. The van der Waals surface area contributed by atoms with Gasteiger partial charge in [-0.1, -0.05) is 24.3 Å². The number of benzene rings is 1. The van der Waals surface area contributed by atoms with Crippen LogP contribution in [0.4, 0.5) is 5.69 Å². The molecule has 5 heteroatoms. The molecule has 23 heavy (non-hydrogen) atoms. The quantitative estimate of drug-likeness (QED) is 0.577. The Labute approximate surface area is 135 Å². The molecule has 0 amide bonds. The summed E-state index contributed by atoms with van der Waals surface area (Å²) >= 11 is 0. The molecule has 0 aliphatic carbocycles. The van der Waals surface area contributed by atoms with Gasteiger partial charge >= 0.3 is 0 Å². The molecule has 3 rings (SSSR count). The second-order valence-electron chi connectivity index (χ2n) is 5.78. The molecule has 0 saturated heterocycles. The van der Waals surface area contributed by atoms with Crippen molar-refractivity contribution in [1.82, 2.24) is 9.88 Å². The van der Waals surface area contributed by atoms with Gasteiger partial charge in [0.25, 0.3) is 0 Å². The summed E-state index contributed by atoms with van der Waals surface area (Å²) < 4.78 is 5.51. The number of hydrogen-bond donors (Lipinski definition) is 1. The summed E-state index contributed by atoms with van der Waals surface area (Å²) in [6.45, 7) is 2.84. The predicted octanol–water partition coefficient (Wildman–Crippen LogP) is 3.64. The number of pyridine rings is 1. The maximum Gasteiger partial charge on any atom is 0.228 e. The van der Waals surface area contributed by atoms with E-state index in [0.717, 1.165) is 28.9 Å². The summed E-state index contributed by atoms with van der Waals surface area (Å²) in [5, 5.41) is 5.24. The molecule has 5 nitrogen and oxygen atoms in total. The Morgan fingerprint density at radius 1 is 1.22 bits per heavy atom. The van der Waals surface area contributed by atoms with E-state index in [-0.39, 0.29) is 0 Å². The van der Waals surface area contributed by atoms with E-state index < -0.39 is 0 Å². The van der Waals surface area contributed by atoms with Crippen molar-refractivity contribution in [2.45, 2.75) is 13.5 Å². The number of nitrogens with one attached hydrogen (secondary N) is 1. The van der Waals surface area contributed by atoms with E-state index in [0.29, 0.717) is 5.71 Å². The largest absolute Gasteiger partial charge is 0.443 e. The highest BCUT2D eigenvalue weighted by Gasteiger charge is 2.05. The summed E-state index contributed by atoms with van der Waals surface area (Å²) in [6, 6.07) is 12.2. The van der Waals surface area contributed by atoms with Crippen molar-refractivity contribution in [3.8, 4) is 0 Å². The lowest BCUT2D eigenvalue weighted by Crippen LogP contribution is -2.10. The normalized spacial score (nSPS) is 11.7. The first kappa shape index (κ1) is 15.2. The molecule has 0 atom stereocenters. The second kappa shape index (κ2) is 6.62. The lowest BCUT2D eigenvalue weighted by molar-refractivity contribution is 0.402. The minimum Gasteiger partial charge on any atom is -0.443 e. The van der Waals surface area contributed by atoms with Crippen LogP contribution in [0.1, 0.15) is 16.9 Å². The summed E-state index contributed by atoms with van der Waals surface area (Å²) in [5.41, 5.74) is 6.89. The van der Waals surface area contributed by atoms with Crippen LogP contribution in [0.15, 0.2) is 52.1 Å². The molecule has 0 fully saturated rings. The number of anilines is 1. The fourth-order valence-electron chi connectivity index (χ4n) is 2.41. The number of hydrazone groups is 1. The number of fused-ring (bicyclic) bond motifs is 1. The van der Waals surface area contributed by atoms with Gasteiger partial charge in [0.15, 0.2) is 0 Å². The molecule has 0 radical (unpaired) electrons. The predicted molar refractivity (Wildman–Crippen MR) is 93.8 cm³/mol. The fraction of sp³-hybridized carbons (Fsp3) is 0.222. The molecular weight excluding hydrogens is 288 g/mol. The number of furan rings is 1. The standard InChI is InChI=1S/C18H20N4O/c1-13-10-16-17(8-9-19-18(16)23-13)21-20-11-14-4-6-15(7-5-14)12-22(2)3/h4-11H,12H2,1-3H3,(H,19,21)/b20-11+. The van der Waals surface area contributed by atoms with Gasteiger partial charge in [-0.15, -0.1) is 0 Å². The van der Waals surface area contributed by atoms with Crippen molar-refractivity contribution in [2.24, 2.45) is 5.10 Å². The highest BCUT2D eigenvalue weighted by Crippen LogP contribution is 2.24. The van der Waals surface area contributed by atoms with Crippen molar-refractivity contribution < 1.29 is 4.42 Å². The minimum atomic E-state index is 0.621. The monoisotopic (exact) mass is 308 g/mol. The van der Waals surface area contributed by atoms with Gasteiger partial charge in [0.05, 0.1) is 17.3 Å². The van der Waals surface area contributed by atoms with Gasteiger partial charge < -0.3 is 9.32 Å². The van der Waals surface area contributed by atoms with Crippen molar-refractivity contribution in [1.29, 1.82) is 0 Å². The zero-order valence-corrected chi connectivity index (χ0v) is 13.6. The highest BCUT2D eigenvalue weighted by atomic mass is 16.3. The first-order valence-corrected chi connectivity index (χ1v) is 7.50. The van der Waals surface area contributed by atoms with E-state index in [1.807, 2.05) is 19.1 Å². The van der Waals surface area contributed by atoms with Gasteiger partial charge in [-0.2, -0.15) is 5.10 Å². The first-order chi connectivity index (χ1) is 11.1. The Hall–Kier alpha value is -2.66. The number of aromatic nitrogens is 1. The van der Waals surface area contributed by atoms with Gasteiger partial charge in [0.2, 0.25) is 5.71 Å². The Bertz CT molecular complexity index is 819. The lowest BCUT2D eigenvalue weighted by Gasteiger charge is -2.09. The maximum atomic E-state index is 5.51. The van der Waals surface area contributed by atoms with Crippen LogP contribution >= 0.6 is 0 Å². The molecule has 0 saturated carbocycles. The van der Waals surface area contributed by atoms with Crippen LogP contribution in [0.25, 0.3) is 11.1 Å². The Morgan fingerprint density at radius 2 is 2.00 bits per heavy atom. The van der Waals surface area contributed by atoms with Gasteiger partial charge in [-0.05, 0) is 44.3 Å². The van der Waals surface area contributed by atoms with Crippen LogP contribution in [-0.4, -0.2) is 30.2 Å². The number of rotatable bonds is 5. The van der Waals surface area contributed by atoms with Crippen LogP contribution in [0.5, 0.6) is 0 Å². The zero-order chi connectivity index (χ0) is 16.2. The molecular formula is C18H20N4O. The molecule has 0 unspecified atom stereocenters. The molecule has 2 aromatic heterocycles. The SMILES string of the molecule is Cc1cc2c(N/N=C/c3ccc(CN(C)C)cc3)ccnc2o1. The van der Waals surface area contributed by atoms with Gasteiger partial charge in [0.1, 0.15) is 5.76 Å². The molecule has 118 valence electrons. The second-order valence-corrected chi connectivity index (χ2v) is 5.78. The number of aryl methyl sites for hydroxylation is 1. The van der Waals surface area contributed by atoms with Crippen LogP contribution in [0.2, 0.25) is 0 Å². The number of hydrogen-bond acceptors (Lipinski definition) is 5. The molecule has 0 aliphatic rings. The molecule has 1 aromatic carbocycles. The third kappa shape index (κ3) is 3.76. The molecule has 0 aliphatic heterocycles. The van der Waals surface area contributed by atoms with Crippen molar-refractivity contribution in [3.05, 3.63) is 59.5 Å². The fourth-order valence-corrected chi connectivity index (χ4v) is 2.41. The number of nitrogens with zero attached hydrogens (tertiary/aromatic N) is 3. The maximum absolute atomic E-state index is 5.51. The van der Waals surface area contributed by atoms with Crippen LogP contribution < -0.4 is 5.43 Å². The van der Waals surface area contributed by atoms with Crippen LogP contribution in [0.3, 0.4) is 0 Å². The van der Waals surface area contributed by atoms with E-state index in [1.54, 1.807) is 12.4 Å². The van der Waals surface area contributed by atoms with Crippen molar-refractivity contribution >= 4 is 23.0 Å². The molecule has 0 spiro atoms. The lowest BCUT2D eigenvalue weighted by atomic mass is 10.1. The average molecular weight is 308 g/mol. The Balaban J connectivity index is 1.70. The summed E-state index contributed by atoms with van der Waals surface area (Å²) in [7, 11) is 4.12. The average Bonchev–Trinajstić information content (AvgIpc) is 2.89. The van der Waals surface area contributed by atoms with Gasteiger partial charge in [-0.3, -0.25) is 5.43 Å². The zero-order valence-electron chi connectivity index (χ0n) is 13.6. The van der Waals surface area contributed by atoms with E-state index in [9.17, 15) is 0 Å². The van der Waals surface area contributed by atoms with E-state index in [1.165, 1.54) is 5.56 Å². The molecule has 1 N–H and O–H groups in total. The molecule has 0 bridgehead atoms. The molecule has 3 aromatic rings. The summed E-state index contributed by atoms with van der Waals surface area (Å²) in [6.07, 6.45) is 3.51. The van der Waals surface area contributed by atoms with Crippen molar-refractivity contribution in [3.63, 3.8) is 0 Å². The smallest absolute Gasteiger partial charge is 0.228 e. The van der Waals surface area contributed by atoms with Gasteiger partial charge in [0, 0.05) is 12.7 Å². The Kier molecular flexibility index (Phi) is 4.39. The highest BCUT2D eigenvalue weighted by molar-refractivity contribution is 5.89. The van der Waals surface area contributed by atoms with Crippen LogP contribution in [0, 0.1) is 6.92 Å². The minimum absolute atomic E-state index is 0.621. The topological polar surface area (TPSA) is 53.7 Å². The van der Waals surface area contributed by atoms with Gasteiger partial charge in [-0.25, -0.2) is 4.98 Å². The van der Waals surface area contributed by atoms with Crippen molar-refractivity contribution in [2.75, 3.05) is 19.5 Å². The third-order valence-electron chi connectivity index (χ3n) is 3.44. The van der Waals surface area contributed by atoms with E-state index >= 15 is 0 Å². The van der Waals surface area contributed by atoms with Crippen LogP contribution in [-0.2, 0) is 6.54 Å². The first-order valence-electron chi connectivity index (χ1n) is 7.50. The van der Waals surface area contributed by atoms with E-state index in [2.05, 4.69) is 58.8 Å².